The third-order valence-electron chi connectivity index (χ3n) is 2.73. The molecular weight excluding hydrogens is 254 g/mol. The van der Waals surface area contributed by atoms with Gasteiger partial charge in [0.1, 0.15) is 0 Å². The number of benzene rings is 2. The van der Waals surface area contributed by atoms with Crippen LogP contribution in [0.4, 0.5) is 8.78 Å². The largest absolute Gasteiger partial charge is 0.204 e. The van der Waals surface area contributed by atoms with Crippen LogP contribution in [-0.2, 0) is 0 Å². The van der Waals surface area contributed by atoms with E-state index in [4.69, 9.17) is 0 Å². The SMILES string of the molecule is CCC=Cc1ccc(C#Cc2ccc(F)c(F)c2)cc1. The molecule has 0 saturated carbocycles. The van der Waals surface area contributed by atoms with Crippen molar-refractivity contribution in [3.63, 3.8) is 0 Å². The Labute approximate surface area is 117 Å². The lowest BCUT2D eigenvalue weighted by Crippen LogP contribution is -1.84. The number of allylic oxidation sites excluding steroid dienone is 1. The molecule has 0 aromatic heterocycles. The molecule has 20 heavy (non-hydrogen) atoms. The maximum atomic E-state index is 13.0. The summed E-state index contributed by atoms with van der Waals surface area (Å²) in [4.78, 5) is 0. The van der Waals surface area contributed by atoms with E-state index in [0.29, 0.717) is 5.56 Å². The van der Waals surface area contributed by atoms with E-state index in [9.17, 15) is 8.78 Å². The molecular formula is C18H14F2. The Morgan fingerprint density at radius 3 is 2.20 bits per heavy atom. The van der Waals surface area contributed by atoms with E-state index in [1.54, 1.807) is 0 Å². The molecule has 0 atom stereocenters. The normalized spacial score (nSPS) is 10.3. The summed E-state index contributed by atoms with van der Waals surface area (Å²) in [5, 5.41) is 0. The van der Waals surface area contributed by atoms with Gasteiger partial charge in [0, 0.05) is 11.1 Å². The van der Waals surface area contributed by atoms with E-state index in [0.717, 1.165) is 29.7 Å². The van der Waals surface area contributed by atoms with Gasteiger partial charge >= 0.3 is 0 Å². The Hall–Kier alpha value is -2.40. The minimum Gasteiger partial charge on any atom is -0.204 e. The third kappa shape index (κ3) is 3.80. The van der Waals surface area contributed by atoms with E-state index in [1.165, 1.54) is 6.07 Å². The highest BCUT2D eigenvalue weighted by atomic mass is 19.2. The zero-order chi connectivity index (χ0) is 14.4. The quantitative estimate of drug-likeness (QED) is 0.687. The molecule has 0 aliphatic carbocycles. The smallest absolute Gasteiger partial charge is 0.160 e. The van der Waals surface area contributed by atoms with Crippen LogP contribution in [0.5, 0.6) is 0 Å². The van der Waals surface area contributed by atoms with E-state index in [-0.39, 0.29) is 0 Å². The van der Waals surface area contributed by atoms with Crippen LogP contribution in [0.25, 0.3) is 6.08 Å². The molecule has 0 aliphatic heterocycles. The lowest BCUT2D eigenvalue weighted by Gasteiger charge is -1.95. The molecule has 0 unspecified atom stereocenters. The fourth-order valence-corrected chi connectivity index (χ4v) is 1.65. The predicted molar refractivity (Wildman–Crippen MR) is 78.1 cm³/mol. The average molecular weight is 268 g/mol. The van der Waals surface area contributed by atoms with Gasteiger partial charge in [0.15, 0.2) is 11.6 Å². The summed E-state index contributed by atoms with van der Waals surface area (Å²) in [7, 11) is 0. The van der Waals surface area contributed by atoms with E-state index in [2.05, 4.69) is 24.8 Å². The Morgan fingerprint density at radius 2 is 1.55 bits per heavy atom. The Bertz CT molecular complexity index is 671. The summed E-state index contributed by atoms with van der Waals surface area (Å²) in [5.41, 5.74) is 2.41. The zero-order valence-electron chi connectivity index (χ0n) is 11.2. The Balaban J connectivity index is 2.16. The molecule has 2 rings (SSSR count). The van der Waals surface area contributed by atoms with Gasteiger partial charge in [-0.25, -0.2) is 8.78 Å². The molecule has 100 valence electrons. The first-order chi connectivity index (χ1) is 9.69. The second-order valence-electron chi connectivity index (χ2n) is 4.31. The second kappa shape index (κ2) is 6.68. The maximum absolute atomic E-state index is 13.0. The number of hydrogen-bond donors (Lipinski definition) is 0. The highest BCUT2D eigenvalue weighted by Gasteiger charge is 1.99. The fourth-order valence-electron chi connectivity index (χ4n) is 1.65. The van der Waals surface area contributed by atoms with E-state index in [1.807, 2.05) is 30.3 Å². The molecule has 0 nitrogen and oxygen atoms in total. The Morgan fingerprint density at radius 1 is 0.900 bits per heavy atom. The van der Waals surface area contributed by atoms with Crippen molar-refractivity contribution in [1.82, 2.24) is 0 Å². The maximum Gasteiger partial charge on any atom is 0.160 e. The van der Waals surface area contributed by atoms with Crippen LogP contribution in [0.2, 0.25) is 0 Å². The van der Waals surface area contributed by atoms with Crippen molar-refractivity contribution in [1.29, 1.82) is 0 Å². The fraction of sp³-hybridized carbons (Fsp3) is 0.111. The molecule has 0 radical (unpaired) electrons. The lowest BCUT2D eigenvalue weighted by atomic mass is 10.1. The topological polar surface area (TPSA) is 0 Å². The number of rotatable bonds is 2. The minimum absolute atomic E-state index is 0.457. The summed E-state index contributed by atoms with van der Waals surface area (Å²) < 4.78 is 25.8. The van der Waals surface area contributed by atoms with Gasteiger partial charge in [-0.2, -0.15) is 0 Å². The van der Waals surface area contributed by atoms with Gasteiger partial charge in [0.25, 0.3) is 0 Å². The summed E-state index contributed by atoms with van der Waals surface area (Å²) in [6, 6.07) is 11.4. The van der Waals surface area contributed by atoms with Crippen LogP contribution in [0.3, 0.4) is 0 Å². The van der Waals surface area contributed by atoms with Gasteiger partial charge in [-0.05, 0) is 42.3 Å². The molecule has 0 spiro atoms. The van der Waals surface area contributed by atoms with Gasteiger partial charge < -0.3 is 0 Å². The molecule has 0 N–H and O–H groups in total. The molecule has 2 aromatic carbocycles. The summed E-state index contributed by atoms with van der Waals surface area (Å²) in [5.74, 6) is 4.01. The third-order valence-corrected chi connectivity index (χ3v) is 2.73. The predicted octanol–water partition coefficient (Wildman–Crippen LogP) is 4.79. The van der Waals surface area contributed by atoms with Gasteiger partial charge in [0.05, 0.1) is 0 Å². The van der Waals surface area contributed by atoms with Crippen molar-refractivity contribution in [2.75, 3.05) is 0 Å². The van der Waals surface area contributed by atoms with Gasteiger partial charge in [0.2, 0.25) is 0 Å². The first kappa shape index (κ1) is 14.0. The van der Waals surface area contributed by atoms with Crippen molar-refractivity contribution in [3.8, 4) is 11.8 Å². The standard InChI is InChI=1S/C18H14F2/c1-2-3-4-14-5-7-15(8-6-14)9-10-16-11-12-17(19)18(20)13-16/h3-8,11-13H,2H2,1H3. The van der Waals surface area contributed by atoms with Crippen molar-refractivity contribution in [3.05, 3.63) is 76.9 Å². The summed E-state index contributed by atoms with van der Waals surface area (Å²) >= 11 is 0. The molecule has 2 heteroatoms. The first-order valence-corrected chi connectivity index (χ1v) is 6.42. The molecule has 2 aromatic rings. The minimum atomic E-state index is -0.878. The van der Waals surface area contributed by atoms with Crippen LogP contribution in [-0.4, -0.2) is 0 Å². The van der Waals surface area contributed by atoms with E-state index >= 15 is 0 Å². The van der Waals surface area contributed by atoms with Crippen LogP contribution in [0.1, 0.15) is 30.0 Å². The molecule has 0 saturated heterocycles. The second-order valence-corrected chi connectivity index (χ2v) is 4.31. The molecule has 0 amide bonds. The van der Waals surface area contributed by atoms with Crippen LogP contribution in [0, 0.1) is 23.5 Å². The highest BCUT2D eigenvalue weighted by Crippen LogP contribution is 2.09. The van der Waals surface area contributed by atoms with Crippen LogP contribution >= 0.6 is 0 Å². The molecule has 0 fully saturated rings. The van der Waals surface area contributed by atoms with Crippen LogP contribution in [0.15, 0.2) is 48.5 Å². The molecule has 0 heterocycles. The summed E-state index contributed by atoms with van der Waals surface area (Å²) in [6.07, 6.45) is 5.13. The first-order valence-electron chi connectivity index (χ1n) is 6.42. The molecule has 0 aliphatic rings. The van der Waals surface area contributed by atoms with Crippen LogP contribution < -0.4 is 0 Å². The number of hydrogen-bond acceptors (Lipinski definition) is 0. The van der Waals surface area contributed by atoms with Gasteiger partial charge in [-0.1, -0.05) is 43.0 Å². The lowest BCUT2D eigenvalue weighted by molar-refractivity contribution is 0.508. The van der Waals surface area contributed by atoms with Crippen molar-refractivity contribution in [2.24, 2.45) is 0 Å². The van der Waals surface area contributed by atoms with Crippen molar-refractivity contribution < 1.29 is 8.78 Å². The monoisotopic (exact) mass is 268 g/mol. The van der Waals surface area contributed by atoms with Crippen molar-refractivity contribution >= 4 is 6.08 Å². The Kier molecular flexibility index (Phi) is 4.68. The summed E-state index contributed by atoms with van der Waals surface area (Å²) in [6.45, 7) is 2.08. The van der Waals surface area contributed by atoms with E-state index < -0.39 is 11.6 Å². The van der Waals surface area contributed by atoms with Crippen molar-refractivity contribution in [2.45, 2.75) is 13.3 Å². The number of halogens is 2. The molecule has 0 bridgehead atoms. The van der Waals surface area contributed by atoms with Gasteiger partial charge in [-0.15, -0.1) is 0 Å². The average Bonchev–Trinajstić information content (AvgIpc) is 2.47. The zero-order valence-corrected chi connectivity index (χ0v) is 11.2. The van der Waals surface area contributed by atoms with Gasteiger partial charge in [-0.3, -0.25) is 0 Å². The highest BCUT2D eigenvalue weighted by molar-refractivity contribution is 5.52.